The van der Waals surface area contributed by atoms with Crippen LogP contribution in [0.15, 0.2) is 0 Å². The third-order valence-corrected chi connectivity index (χ3v) is 9.49. The second-order valence-electron chi connectivity index (χ2n) is 18.2. The molecular formula is C35H63N3O6. The van der Waals surface area contributed by atoms with Gasteiger partial charge in [-0.05, 0) is 128 Å². The third kappa shape index (κ3) is 10.1. The molecule has 0 aromatic heterocycles. The van der Waals surface area contributed by atoms with Gasteiger partial charge in [0.1, 0.15) is 13.2 Å². The highest BCUT2D eigenvalue weighted by molar-refractivity contribution is 5.75. The molecule has 0 unspecified atom stereocenters. The Hall–Kier alpha value is -1.71. The largest absolute Gasteiger partial charge is 0.461 e. The number of hydrogen-bond acceptors (Lipinski definition) is 9. The molecule has 0 amide bonds. The van der Waals surface area contributed by atoms with E-state index in [-0.39, 0.29) is 82.1 Å². The Morgan fingerprint density at radius 3 is 1.02 bits per heavy atom. The summed E-state index contributed by atoms with van der Waals surface area (Å²) in [6.45, 7) is 26.7. The summed E-state index contributed by atoms with van der Waals surface area (Å²) in [6.07, 6.45) is 4.14. The van der Waals surface area contributed by atoms with Gasteiger partial charge in [0.15, 0.2) is 5.60 Å². The van der Waals surface area contributed by atoms with E-state index in [1.165, 1.54) is 0 Å². The van der Waals surface area contributed by atoms with Crippen LogP contribution in [0.2, 0.25) is 0 Å². The van der Waals surface area contributed by atoms with E-state index in [1.54, 1.807) is 0 Å². The molecule has 3 aliphatic rings. The predicted molar refractivity (Wildman–Crippen MR) is 173 cm³/mol. The van der Waals surface area contributed by atoms with Crippen LogP contribution in [-0.2, 0) is 28.6 Å². The zero-order valence-corrected chi connectivity index (χ0v) is 30.0. The fourth-order valence-electron chi connectivity index (χ4n) is 8.78. The van der Waals surface area contributed by atoms with Gasteiger partial charge in [0.05, 0.1) is 17.8 Å². The predicted octanol–water partition coefficient (Wildman–Crippen LogP) is 5.44. The van der Waals surface area contributed by atoms with Crippen LogP contribution in [-0.4, -0.2) is 70.0 Å². The van der Waals surface area contributed by atoms with Crippen molar-refractivity contribution in [1.29, 1.82) is 0 Å². The van der Waals surface area contributed by atoms with Gasteiger partial charge in [0, 0.05) is 33.2 Å². The van der Waals surface area contributed by atoms with E-state index in [4.69, 9.17) is 14.2 Å². The van der Waals surface area contributed by atoms with Crippen molar-refractivity contribution in [3.05, 3.63) is 0 Å². The normalized spacial score (nSPS) is 26.4. The van der Waals surface area contributed by atoms with E-state index in [2.05, 4.69) is 99.0 Å². The van der Waals surface area contributed by atoms with Crippen LogP contribution in [0.25, 0.3) is 0 Å². The molecule has 0 saturated carbocycles. The Bertz CT molecular complexity index is 974. The number of carbonyl (C=O) groups is 3. The van der Waals surface area contributed by atoms with E-state index in [9.17, 15) is 14.4 Å². The monoisotopic (exact) mass is 621 g/mol. The number of hydrogen-bond donors (Lipinski definition) is 3. The second kappa shape index (κ2) is 12.5. The van der Waals surface area contributed by atoms with E-state index >= 15 is 0 Å². The number of ether oxygens (including phenoxy) is 3. The fraction of sp³-hybridized carbons (Fsp3) is 0.914. The topological polar surface area (TPSA) is 115 Å². The van der Waals surface area contributed by atoms with Crippen molar-refractivity contribution >= 4 is 17.9 Å². The first-order valence-corrected chi connectivity index (χ1v) is 16.7. The van der Waals surface area contributed by atoms with Crippen molar-refractivity contribution in [3.63, 3.8) is 0 Å². The minimum absolute atomic E-state index is 0.160. The molecule has 3 N–H and O–H groups in total. The molecule has 3 rings (SSSR count). The first kappa shape index (κ1) is 36.8. The highest BCUT2D eigenvalue weighted by Crippen LogP contribution is 2.37. The number of carbonyl (C=O) groups excluding carboxylic acids is 3. The maximum absolute atomic E-state index is 13.8. The SMILES string of the molecule is CCC(COC(=O)C1CC(C)(C)NC(C)(C)C1)(COC(=O)C1CC(C)(C)NC(C)(C)C1)OC(=O)C1CC(C)(C)NC(C)(C)C1. The van der Waals surface area contributed by atoms with Gasteiger partial charge >= 0.3 is 17.9 Å². The highest BCUT2D eigenvalue weighted by atomic mass is 16.6. The average molecular weight is 622 g/mol. The van der Waals surface area contributed by atoms with Crippen molar-refractivity contribution in [1.82, 2.24) is 16.0 Å². The number of esters is 3. The summed E-state index contributed by atoms with van der Waals surface area (Å²) in [5.41, 5.74) is -2.66. The van der Waals surface area contributed by atoms with Gasteiger partial charge in [-0.2, -0.15) is 0 Å². The Labute approximate surface area is 267 Å². The number of rotatable bonds is 9. The van der Waals surface area contributed by atoms with Crippen LogP contribution in [0.5, 0.6) is 0 Å². The van der Waals surface area contributed by atoms with Gasteiger partial charge in [-0.3, -0.25) is 14.4 Å². The third-order valence-electron chi connectivity index (χ3n) is 9.49. The van der Waals surface area contributed by atoms with Crippen LogP contribution in [0.1, 0.15) is 135 Å². The fourth-order valence-corrected chi connectivity index (χ4v) is 8.78. The lowest BCUT2D eigenvalue weighted by atomic mass is 9.76. The van der Waals surface area contributed by atoms with E-state index in [1.807, 2.05) is 6.92 Å². The molecule has 9 heteroatoms. The first-order chi connectivity index (χ1) is 19.8. The Morgan fingerprint density at radius 1 is 0.523 bits per heavy atom. The summed E-state index contributed by atoms with van der Waals surface area (Å²) in [7, 11) is 0. The highest BCUT2D eigenvalue weighted by Gasteiger charge is 2.47. The van der Waals surface area contributed by atoms with Crippen molar-refractivity contribution in [2.24, 2.45) is 17.8 Å². The zero-order valence-electron chi connectivity index (χ0n) is 30.0. The quantitative estimate of drug-likeness (QED) is 0.229. The van der Waals surface area contributed by atoms with Gasteiger partial charge in [-0.1, -0.05) is 6.92 Å². The summed E-state index contributed by atoms with van der Waals surface area (Å²) < 4.78 is 18.3. The standard InChI is InChI=1S/C35H63N3O6/c1-14-35(44-28(41)25-19-33(10,11)38-34(12,13)20-25,21-42-26(39)23-15-29(2,3)36-30(4,5)16-23)22-43-27(40)24-17-31(6,7)37-32(8,9)18-24/h23-25,36-38H,14-22H2,1-13H3. The summed E-state index contributed by atoms with van der Waals surface area (Å²) in [6, 6.07) is 0. The minimum Gasteiger partial charge on any atom is -0.461 e. The van der Waals surface area contributed by atoms with Crippen LogP contribution in [0, 0.1) is 17.8 Å². The summed E-state index contributed by atoms with van der Waals surface area (Å²) in [5, 5.41) is 10.8. The molecule has 3 fully saturated rings. The lowest BCUT2D eigenvalue weighted by Gasteiger charge is -2.47. The summed E-state index contributed by atoms with van der Waals surface area (Å²) in [4.78, 5) is 40.9. The molecule has 0 aliphatic carbocycles. The molecular weight excluding hydrogens is 558 g/mol. The lowest BCUT2D eigenvalue weighted by Crippen LogP contribution is -2.60. The minimum atomic E-state index is -1.28. The Kier molecular flexibility index (Phi) is 10.4. The Morgan fingerprint density at radius 2 is 0.773 bits per heavy atom. The maximum atomic E-state index is 13.8. The maximum Gasteiger partial charge on any atom is 0.309 e. The van der Waals surface area contributed by atoms with Gasteiger partial charge < -0.3 is 30.2 Å². The molecule has 9 nitrogen and oxygen atoms in total. The van der Waals surface area contributed by atoms with Crippen molar-refractivity contribution < 1.29 is 28.6 Å². The van der Waals surface area contributed by atoms with Gasteiger partial charge in [0.2, 0.25) is 0 Å². The number of nitrogens with one attached hydrogen (secondary N) is 3. The average Bonchev–Trinajstić information content (AvgIpc) is 2.79. The summed E-state index contributed by atoms with van der Waals surface area (Å²) >= 11 is 0. The summed E-state index contributed by atoms with van der Waals surface area (Å²) in [5.74, 6) is -1.87. The van der Waals surface area contributed by atoms with E-state index in [0.717, 1.165) is 0 Å². The van der Waals surface area contributed by atoms with Crippen LogP contribution in [0.3, 0.4) is 0 Å². The lowest BCUT2D eigenvalue weighted by molar-refractivity contribution is -0.193. The molecule has 0 radical (unpaired) electrons. The zero-order chi connectivity index (χ0) is 33.6. The van der Waals surface area contributed by atoms with E-state index in [0.29, 0.717) is 44.9 Å². The van der Waals surface area contributed by atoms with Crippen molar-refractivity contribution in [2.45, 2.75) is 174 Å². The molecule has 0 aromatic carbocycles. The molecule has 0 spiro atoms. The smallest absolute Gasteiger partial charge is 0.309 e. The molecule has 3 saturated heterocycles. The van der Waals surface area contributed by atoms with Gasteiger partial charge in [0.25, 0.3) is 0 Å². The molecule has 0 atom stereocenters. The molecule has 254 valence electrons. The van der Waals surface area contributed by atoms with Crippen molar-refractivity contribution in [2.75, 3.05) is 13.2 Å². The van der Waals surface area contributed by atoms with Crippen LogP contribution >= 0.6 is 0 Å². The number of piperidine rings is 3. The van der Waals surface area contributed by atoms with E-state index < -0.39 is 5.60 Å². The van der Waals surface area contributed by atoms with Gasteiger partial charge in [-0.15, -0.1) is 0 Å². The van der Waals surface area contributed by atoms with Crippen LogP contribution in [0.4, 0.5) is 0 Å². The molecule has 3 aliphatic heterocycles. The second-order valence-corrected chi connectivity index (χ2v) is 18.2. The first-order valence-electron chi connectivity index (χ1n) is 16.7. The van der Waals surface area contributed by atoms with Gasteiger partial charge in [-0.25, -0.2) is 0 Å². The molecule has 44 heavy (non-hydrogen) atoms. The molecule has 0 bridgehead atoms. The Balaban J connectivity index is 1.81. The van der Waals surface area contributed by atoms with Crippen LogP contribution < -0.4 is 16.0 Å². The molecule has 3 heterocycles. The van der Waals surface area contributed by atoms with Crippen molar-refractivity contribution in [3.8, 4) is 0 Å². The molecule has 0 aromatic rings.